The summed E-state index contributed by atoms with van der Waals surface area (Å²) in [5.74, 6) is 0.317. The Bertz CT molecular complexity index is 258. The van der Waals surface area contributed by atoms with Crippen molar-refractivity contribution in [2.75, 3.05) is 0 Å². The minimum absolute atomic E-state index is 0.317. The minimum Gasteiger partial charge on any atom is -0.506 e. The molecule has 1 aromatic heterocycles. The molecule has 1 N–H and O–H groups in total. The zero-order valence-electron chi connectivity index (χ0n) is 7.67. The molecular formula is C10H15NO. The Balaban J connectivity index is 2.89. The van der Waals surface area contributed by atoms with Gasteiger partial charge in [0, 0.05) is 5.69 Å². The molecule has 12 heavy (non-hydrogen) atoms. The van der Waals surface area contributed by atoms with Gasteiger partial charge in [-0.3, -0.25) is 4.98 Å². The van der Waals surface area contributed by atoms with Crippen LogP contribution in [0.2, 0.25) is 0 Å². The Hall–Kier alpha value is -1.05. The van der Waals surface area contributed by atoms with E-state index in [9.17, 15) is 5.11 Å². The van der Waals surface area contributed by atoms with Crippen molar-refractivity contribution in [1.29, 1.82) is 0 Å². The first-order chi connectivity index (χ1) is 5.77. The van der Waals surface area contributed by atoms with Gasteiger partial charge in [-0.25, -0.2) is 0 Å². The summed E-state index contributed by atoms with van der Waals surface area (Å²) in [4.78, 5) is 4.33. The molecule has 0 saturated carbocycles. The molecule has 66 valence electrons. The van der Waals surface area contributed by atoms with Crippen molar-refractivity contribution in [3.05, 3.63) is 23.5 Å². The molecule has 0 aromatic carbocycles. The first-order valence-electron chi connectivity index (χ1n) is 4.45. The summed E-state index contributed by atoms with van der Waals surface area (Å²) in [7, 11) is 0. The van der Waals surface area contributed by atoms with E-state index >= 15 is 0 Å². The predicted molar refractivity (Wildman–Crippen MR) is 49.3 cm³/mol. The lowest BCUT2D eigenvalue weighted by molar-refractivity contribution is 0.464. The van der Waals surface area contributed by atoms with Crippen molar-refractivity contribution in [1.82, 2.24) is 4.98 Å². The lowest BCUT2D eigenvalue weighted by Gasteiger charge is -2.03. The molecule has 0 atom stereocenters. The van der Waals surface area contributed by atoms with Crippen LogP contribution in [0.25, 0.3) is 0 Å². The number of aryl methyl sites for hydroxylation is 2. The largest absolute Gasteiger partial charge is 0.506 e. The van der Waals surface area contributed by atoms with E-state index in [-0.39, 0.29) is 0 Å². The van der Waals surface area contributed by atoms with Crippen LogP contribution in [0.5, 0.6) is 5.75 Å². The molecule has 0 bridgehead atoms. The first-order valence-corrected chi connectivity index (χ1v) is 4.45. The van der Waals surface area contributed by atoms with Crippen molar-refractivity contribution in [3.63, 3.8) is 0 Å². The van der Waals surface area contributed by atoms with Gasteiger partial charge >= 0.3 is 0 Å². The number of nitrogens with zero attached hydrogens (tertiary/aromatic N) is 1. The van der Waals surface area contributed by atoms with Gasteiger partial charge in [-0.2, -0.15) is 0 Å². The van der Waals surface area contributed by atoms with Crippen LogP contribution in [0.3, 0.4) is 0 Å². The van der Waals surface area contributed by atoms with Gasteiger partial charge in [0.2, 0.25) is 0 Å². The van der Waals surface area contributed by atoms with Gasteiger partial charge in [-0.15, -0.1) is 0 Å². The van der Waals surface area contributed by atoms with Crippen LogP contribution < -0.4 is 0 Å². The molecule has 0 unspecified atom stereocenters. The van der Waals surface area contributed by atoms with E-state index in [0.717, 1.165) is 30.7 Å². The molecule has 0 aliphatic heterocycles. The third-order valence-corrected chi connectivity index (χ3v) is 1.85. The van der Waals surface area contributed by atoms with E-state index in [4.69, 9.17) is 0 Å². The zero-order valence-corrected chi connectivity index (χ0v) is 7.67. The minimum atomic E-state index is 0.317. The van der Waals surface area contributed by atoms with Gasteiger partial charge < -0.3 is 5.11 Å². The highest BCUT2D eigenvalue weighted by Crippen LogP contribution is 2.15. The maximum Gasteiger partial charge on any atom is 0.137 e. The number of hydrogen-bond acceptors (Lipinski definition) is 2. The Kier molecular flexibility index (Phi) is 3.09. The Morgan fingerprint density at radius 1 is 1.33 bits per heavy atom. The lowest BCUT2D eigenvalue weighted by Crippen LogP contribution is -1.94. The van der Waals surface area contributed by atoms with Crippen LogP contribution in [0.15, 0.2) is 12.1 Å². The molecule has 1 rings (SSSR count). The maximum atomic E-state index is 9.34. The molecule has 2 heteroatoms. The summed E-state index contributed by atoms with van der Waals surface area (Å²) < 4.78 is 0. The van der Waals surface area contributed by atoms with Crippen LogP contribution >= 0.6 is 0 Å². The fourth-order valence-electron chi connectivity index (χ4n) is 1.19. The maximum absolute atomic E-state index is 9.34. The van der Waals surface area contributed by atoms with E-state index in [0.29, 0.717) is 5.75 Å². The van der Waals surface area contributed by atoms with Crippen LogP contribution in [0.1, 0.15) is 31.7 Å². The van der Waals surface area contributed by atoms with Crippen molar-refractivity contribution in [2.24, 2.45) is 0 Å². The van der Waals surface area contributed by atoms with Crippen LogP contribution in [0, 0.1) is 0 Å². The number of aromatic nitrogens is 1. The molecule has 0 spiro atoms. The van der Waals surface area contributed by atoms with Gasteiger partial charge in [0.1, 0.15) is 5.75 Å². The topological polar surface area (TPSA) is 33.1 Å². The number of rotatable bonds is 3. The van der Waals surface area contributed by atoms with E-state index in [1.54, 1.807) is 6.07 Å². The summed E-state index contributed by atoms with van der Waals surface area (Å²) in [5, 5.41) is 9.34. The van der Waals surface area contributed by atoms with Gasteiger partial charge in [-0.05, 0) is 25.0 Å². The third kappa shape index (κ3) is 1.97. The van der Waals surface area contributed by atoms with Crippen LogP contribution in [-0.4, -0.2) is 10.1 Å². The van der Waals surface area contributed by atoms with Crippen molar-refractivity contribution in [3.8, 4) is 5.75 Å². The van der Waals surface area contributed by atoms with Gasteiger partial charge in [0.15, 0.2) is 0 Å². The number of aromatic hydroxyl groups is 1. The summed E-state index contributed by atoms with van der Waals surface area (Å²) >= 11 is 0. The Morgan fingerprint density at radius 3 is 2.67 bits per heavy atom. The van der Waals surface area contributed by atoms with Crippen molar-refractivity contribution in [2.45, 2.75) is 33.1 Å². The fourth-order valence-corrected chi connectivity index (χ4v) is 1.19. The first kappa shape index (κ1) is 9.04. The Morgan fingerprint density at radius 2 is 2.08 bits per heavy atom. The fraction of sp³-hybridized carbons (Fsp3) is 0.500. The second-order valence-corrected chi connectivity index (χ2v) is 2.87. The highest BCUT2D eigenvalue weighted by atomic mass is 16.3. The third-order valence-electron chi connectivity index (χ3n) is 1.85. The molecule has 0 saturated heterocycles. The normalized spacial score (nSPS) is 10.2. The summed E-state index contributed by atoms with van der Waals surface area (Å²) in [6, 6.07) is 3.62. The SMILES string of the molecule is CCCc1ccc(O)c(CC)n1. The average Bonchev–Trinajstić information content (AvgIpc) is 2.09. The number of hydrogen-bond donors (Lipinski definition) is 1. The monoisotopic (exact) mass is 165 g/mol. The quantitative estimate of drug-likeness (QED) is 0.745. The van der Waals surface area contributed by atoms with E-state index < -0.39 is 0 Å². The lowest BCUT2D eigenvalue weighted by atomic mass is 10.2. The second kappa shape index (κ2) is 4.10. The number of pyridine rings is 1. The van der Waals surface area contributed by atoms with Crippen LogP contribution in [0.4, 0.5) is 0 Å². The summed E-state index contributed by atoms with van der Waals surface area (Å²) in [5.41, 5.74) is 1.88. The summed E-state index contributed by atoms with van der Waals surface area (Å²) in [6.07, 6.45) is 2.89. The molecule has 0 aliphatic carbocycles. The van der Waals surface area contributed by atoms with Gasteiger partial charge in [-0.1, -0.05) is 20.3 Å². The average molecular weight is 165 g/mol. The second-order valence-electron chi connectivity index (χ2n) is 2.87. The van der Waals surface area contributed by atoms with E-state index in [1.165, 1.54) is 0 Å². The zero-order chi connectivity index (χ0) is 8.97. The summed E-state index contributed by atoms with van der Waals surface area (Å²) in [6.45, 7) is 4.12. The molecule has 2 nitrogen and oxygen atoms in total. The van der Waals surface area contributed by atoms with Crippen molar-refractivity contribution < 1.29 is 5.11 Å². The highest BCUT2D eigenvalue weighted by molar-refractivity contribution is 5.27. The standard InChI is InChI=1S/C10H15NO/c1-3-5-8-6-7-10(12)9(4-2)11-8/h6-7,12H,3-5H2,1-2H3. The molecule has 1 aromatic rings. The van der Waals surface area contributed by atoms with Gasteiger partial charge in [0.05, 0.1) is 5.69 Å². The van der Waals surface area contributed by atoms with Crippen molar-refractivity contribution >= 4 is 0 Å². The van der Waals surface area contributed by atoms with E-state index in [2.05, 4.69) is 11.9 Å². The smallest absolute Gasteiger partial charge is 0.137 e. The van der Waals surface area contributed by atoms with E-state index in [1.807, 2.05) is 13.0 Å². The molecular weight excluding hydrogens is 150 g/mol. The van der Waals surface area contributed by atoms with Gasteiger partial charge in [0.25, 0.3) is 0 Å². The highest BCUT2D eigenvalue weighted by Gasteiger charge is 2.01. The predicted octanol–water partition coefficient (Wildman–Crippen LogP) is 2.30. The molecule has 0 radical (unpaired) electrons. The molecule has 0 fully saturated rings. The molecule has 0 amide bonds. The van der Waals surface area contributed by atoms with Crippen LogP contribution in [-0.2, 0) is 12.8 Å². The molecule has 0 aliphatic rings. The Labute approximate surface area is 73.3 Å². The molecule has 1 heterocycles.